The smallest absolute Gasteiger partial charge is 0.231 e. The van der Waals surface area contributed by atoms with Gasteiger partial charge >= 0.3 is 0 Å². The van der Waals surface area contributed by atoms with E-state index in [1.165, 1.54) is 11.1 Å². The lowest BCUT2D eigenvalue weighted by molar-refractivity contribution is -0.119. The van der Waals surface area contributed by atoms with E-state index in [0.29, 0.717) is 6.54 Å². The summed E-state index contributed by atoms with van der Waals surface area (Å²) in [7, 11) is 0. The molecule has 0 bridgehead atoms. The number of hydrogen-bond donors (Lipinski definition) is 1. The van der Waals surface area contributed by atoms with Gasteiger partial charge in [-0.05, 0) is 17.7 Å². The van der Waals surface area contributed by atoms with Gasteiger partial charge in [0.15, 0.2) is 0 Å². The molecule has 6 heteroatoms. The minimum absolute atomic E-state index is 0.260. The number of primary amides is 1. The van der Waals surface area contributed by atoms with Gasteiger partial charge < -0.3 is 10.5 Å². The molecule has 1 aromatic rings. The molecule has 0 saturated carbocycles. The molecule has 2 N–H and O–H groups in total. The number of rotatable bonds is 4. The summed E-state index contributed by atoms with van der Waals surface area (Å²) in [4.78, 5) is 15.4. The molecule has 0 unspecified atom stereocenters. The van der Waals surface area contributed by atoms with Gasteiger partial charge in [0, 0.05) is 49.7 Å². The molecule has 0 aromatic heterocycles. The Labute approximate surface area is 129 Å². The van der Waals surface area contributed by atoms with Gasteiger partial charge in [-0.2, -0.15) is 0 Å². The van der Waals surface area contributed by atoms with Crippen LogP contribution in [0.4, 0.5) is 0 Å². The number of piperazine rings is 1. The Kier molecular flexibility index (Phi) is 4.33. The van der Waals surface area contributed by atoms with E-state index in [1.807, 2.05) is 12.1 Å². The Balaban J connectivity index is 1.62. The van der Waals surface area contributed by atoms with Crippen molar-refractivity contribution in [2.75, 3.05) is 39.3 Å². The van der Waals surface area contributed by atoms with Crippen molar-refractivity contribution in [3.8, 4) is 5.75 Å². The predicted octanol–water partition coefficient (Wildman–Crippen LogP) is 0.878. The summed E-state index contributed by atoms with van der Waals surface area (Å²) < 4.78 is 5.74. The number of hydrogen-bond acceptors (Lipinski definition) is 4. The maximum Gasteiger partial charge on any atom is 0.231 e. The van der Waals surface area contributed by atoms with E-state index in [4.69, 9.17) is 22.1 Å². The molecule has 2 heterocycles. The number of benzene rings is 1. The van der Waals surface area contributed by atoms with Crippen molar-refractivity contribution < 1.29 is 9.53 Å². The fourth-order valence-corrected chi connectivity index (χ4v) is 3.29. The second-order valence-electron chi connectivity index (χ2n) is 5.67. The lowest BCUT2D eigenvalue weighted by atomic mass is 10.1. The van der Waals surface area contributed by atoms with Crippen LogP contribution < -0.4 is 10.5 Å². The fourth-order valence-electron chi connectivity index (χ4n) is 3.03. The molecule has 3 rings (SSSR count). The second kappa shape index (κ2) is 6.22. The number of carbonyl (C=O) groups excluding carboxylic acids is 1. The Morgan fingerprint density at radius 3 is 2.67 bits per heavy atom. The third-order valence-electron chi connectivity index (χ3n) is 4.06. The minimum atomic E-state index is -0.260. The topological polar surface area (TPSA) is 58.8 Å². The van der Waals surface area contributed by atoms with E-state index in [-0.39, 0.29) is 5.91 Å². The summed E-state index contributed by atoms with van der Waals surface area (Å²) >= 11 is 6.19. The number of carbonyl (C=O) groups is 1. The van der Waals surface area contributed by atoms with E-state index in [2.05, 4.69) is 9.80 Å². The predicted molar refractivity (Wildman–Crippen MR) is 81.6 cm³/mol. The number of ether oxygens (including phenoxy) is 1. The molecule has 2 aliphatic rings. The van der Waals surface area contributed by atoms with Crippen molar-refractivity contribution in [1.82, 2.24) is 9.80 Å². The summed E-state index contributed by atoms with van der Waals surface area (Å²) in [5.74, 6) is 0.753. The van der Waals surface area contributed by atoms with Crippen molar-refractivity contribution in [2.45, 2.75) is 13.0 Å². The average molecular weight is 310 g/mol. The average Bonchev–Trinajstić information content (AvgIpc) is 2.88. The van der Waals surface area contributed by atoms with Gasteiger partial charge in [-0.15, -0.1) is 0 Å². The first kappa shape index (κ1) is 14.6. The zero-order valence-electron chi connectivity index (χ0n) is 12.0. The Hall–Kier alpha value is -1.30. The van der Waals surface area contributed by atoms with Crippen LogP contribution in [0.2, 0.25) is 5.02 Å². The van der Waals surface area contributed by atoms with Crippen LogP contribution in [0.1, 0.15) is 11.1 Å². The van der Waals surface area contributed by atoms with Crippen molar-refractivity contribution in [3.05, 3.63) is 28.3 Å². The number of halogens is 1. The molecule has 5 nitrogen and oxygen atoms in total. The SMILES string of the molecule is NC(=O)CN1CCN(Cc2cc(Cl)cc3c2OCC3)CC1. The standard InChI is InChI=1S/C15H20ClN3O2/c16-13-7-11-1-6-21-15(11)12(8-13)9-18-2-4-19(5-3-18)10-14(17)20/h7-8H,1-6,9-10H2,(H2,17,20). The number of nitrogens with zero attached hydrogens (tertiary/aromatic N) is 2. The zero-order chi connectivity index (χ0) is 14.8. The molecule has 1 fully saturated rings. The number of fused-ring (bicyclic) bond motifs is 1. The maximum absolute atomic E-state index is 10.9. The van der Waals surface area contributed by atoms with Gasteiger partial charge in [0.05, 0.1) is 13.2 Å². The van der Waals surface area contributed by atoms with Gasteiger partial charge in [-0.3, -0.25) is 14.6 Å². The highest BCUT2D eigenvalue weighted by Crippen LogP contribution is 2.33. The first-order valence-corrected chi connectivity index (χ1v) is 7.67. The van der Waals surface area contributed by atoms with Crippen molar-refractivity contribution in [3.63, 3.8) is 0 Å². The van der Waals surface area contributed by atoms with Crippen LogP contribution in [0.15, 0.2) is 12.1 Å². The van der Waals surface area contributed by atoms with Crippen molar-refractivity contribution in [1.29, 1.82) is 0 Å². The molecule has 0 spiro atoms. The van der Waals surface area contributed by atoms with Gasteiger partial charge in [-0.1, -0.05) is 11.6 Å². The van der Waals surface area contributed by atoms with Crippen molar-refractivity contribution >= 4 is 17.5 Å². The van der Waals surface area contributed by atoms with E-state index in [1.54, 1.807) is 0 Å². The quantitative estimate of drug-likeness (QED) is 0.897. The van der Waals surface area contributed by atoms with E-state index < -0.39 is 0 Å². The van der Waals surface area contributed by atoms with Crippen LogP contribution in [0.25, 0.3) is 0 Å². The number of amides is 1. The normalized spacial score (nSPS) is 19.3. The minimum Gasteiger partial charge on any atom is -0.493 e. The summed E-state index contributed by atoms with van der Waals surface area (Å²) in [5.41, 5.74) is 7.61. The Bertz CT molecular complexity index is 542. The molecule has 1 aromatic carbocycles. The zero-order valence-corrected chi connectivity index (χ0v) is 12.7. The first-order chi connectivity index (χ1) is 10.1. The molecule has 114 valence electrons. The second-order valence-corrected chi connectivity index (χ2v) is 6.11. The molecule has 0 radical (unpaired) electrons. The lowest BCUT2D eigenvalue weighted by Crippen LogP contribution is -2.48. The molecular formula is C15H20ClN3O2. The highest BCUT2D eigenvalue weighted by Gasteiger charge is 2.22. The summed E-state index contributed by atoms with van der Waals surface area (Å²) in [5, 5.41) is 0.779. The first-order valence-electron chi connectivity index (χ1n) is 7.29. The van der Waals surface area contributed by atoms with Gasteiger partial charge in [-0.25, -0.2) is 0 Å². The third kappa shape index (κ3) is 3.48. The summed E-state index contributed by atoms with van der Waals surface area (Å²) in [6, 6.07) is 4.00. The van der Waals surface area contributed by atoms with Crippen LogP contribution >= 0.6 is 11.6 Å². The molecule has 0 aliphatic carbocycles. The molecular weight excluding hydrogens is 290 g/mol. The van der Waals surface area contributed by atoms with Gasteiger partial charge in [0.2, 0.25) is 5.91 Å². The summed E-state index contributed by atoms with van der Waals surface area (Å²) in [6.45, 7) is 5.52. The molecule has 21 heavy (non-hydrogen) atoms. The molecule has 1 saturated heterocycles. The largest absolute Gasteiger partial charge is 0.493 e. The lowest BCUT2D eigenvalue weighted by Gasteiger charge is -2.34. The maximum atomic E-state index is 10.9. The molecule has 1 amide bonds. The monoisotopic (exact) mass is 309 g/mol. The van der Waals surface area contributed by atoms with Crippen LogP contribution in [0.5, 0.6) is 5.75 Å². The molecule has 0 atom stereocenters. The highest BCUT2D eigenvalue weighted by atomic mass is 35.5. The summed E-state index contributed by atoms with van der Waals surface area (Å²) in [6.07, 6.45) is 0.940. The van der Waals surface area contributed by atoms with Crippen LogP contribution in [-0.2, 0) is 17.8 Å². The van der Waals surface area contributed by atoms with Crippen LogP contribution in [-0.4, -0.2) is 55.0 Å². The molecule has 2 aliphatic heterocycles. The van der Waals surface area contributed by atoms with E-state index in [0.717, 1.165) is 56.5 Å². The van der Waals surface area contributed by atoms with Crippen LogP contribution in [0.3, 0.4) is 0 Å². The van der Waals surface area contributed by atoms with Gasteiger partial charge in [0.25, 0.3) is 0 Å². The Morgan fingerprint density at radius 1 is 1.24 bits per heavy atom. The van der Waals surface area contributed by atoms with Crippen LogP contribution in [0, 0.1) is 0 Å². The van der Waals surface area contributed by atoms with E-state index >= 15 is 0 Å². The fraction of sp³-hybridized carbons (Fsp3) is 0.533. The Morgan fingerprint density at radius 2 is 1.95 bits per heavy atom. The van der Waals surface area contributed by atoms with Crippen molar-refractivity contribution in [2.24, 2.45) is 5.73 Å². The number of nitrogens with two attached hydrogens (primary N) is 1. The van der Waals surface area contributed by atoms with Gasteiger partial charge in [0.1, 0.15) is 5.75 Å². The van der Waals surface area contributed by atoms with E-state index in [9.17, 15) is 4.79 Å². The highest BCUT2D eigenvalue weighted by molar-refractivity contribution is 6.30. The third-order valence-corrected chi connectivity index (χ3v) is 4.28.